The van der Waals surface area contributed by atoms with Crippen molar-refractivity contribution < 1.29 is 4.74 Å². The predicted molar refractivity (Wildman–Crippen MR) is 65.6 cm³/mol. The third-order valence-corrected chi connectivity index (χ3v) is 2.75. The molecule has 1 unspecified atom stereocenters. The van der Waals surface area contributed by atoms with Crippen molar-refractivity contribution in [1.82, 2.24) is 0 Å². The lowest BCUT2D eigenvalue weighted by molar-refractivity contribution is 0.0743. The molecule has 0 bridgehead atoms. The van der Waals surface area contributed by atoms with Gasteiger partial charge in [-0.3, -0.25) is 0 Å². The van der Waals surface area contributed by atoms with Crippen LogP contribution in [0.1, 0.15) is 31.7 Å². The van der Waals surface area contributed by atoms with Gasteiger partial charge >= 0.3 is 0 Å². The van der Waals surface area contributed by atoms with Crippen LogP contribution in [0.3, 0.4) is 0 Å². The molecule has 0 saturated carbocycles. The van der Waals surface area contributed by atoms with Crippen LogP contribution >= 0.6 is 11.6 Å². The summed E-state index contributed by atoms with van der Waals surface area (Å²) in [5.41, 5.74) is 1.31. The van der Waals surface area contributed by atoms with Crippen LogP contribution < -0.4 is 0 Å². The molecule has 0 amide bonds. The Bertz CT molecular complexity index is 258. The van der Waals surface area contributed by atoms with Gasteiger partial charge in [0, 0.05) is 12.5 Å². The van der Waals surface area contributed by atoms with E-state index in [0.717, 1.165) is 13.0 Å². The van der Waals surface area contributed by atoms with Gasteiger partial charge in [-0.1, -0.05) is 30.3 Å². The highest BCUT2D eigenvalue weighted by molar-refractivity contribution is 6.18. The highest BCUT2D eigenvalue weighted by atomic mass is 35.5. The first kappa shape index (κ1) is 12.5. The van der Waals surface area contributed by atoms with E-state index in [2.05, 4.69) is 38.1 Å². The molecule has 84 valence electrons. The topological polar surface area (TPSA) is 9.23 Å². The second kappa shape index (κ2) is 6.86. The average Bonchev–Trinajstić information content (AvgIpc) is 2.25. The minimum absolute atomic E-state index is 0.303. The Labute approximate surface area is 97.4 Å². The SMILES string of the molecule is CC(C)OCCC(CCl)c1ccccc1. The molecule has 0 aliphatic rings. The summed E-state index contributed by atoms with van der Waals surface area (Å²) < 4.78 is 5.54. The van der Waals surface area contributed by atoms with Gasteiger partial charge in [0.2, 0.25) is 0 Å². The smallest absolute Gasteiger partial charge is 0.0518 e. The van der Waals surface area contributed by atoms with Crippen LogP contribution in [0.5, 0.6) is 0 Å². The molecule has 1 nitrogen and oxygen atoms in total. The molecule has 1 rings (SSSR count). The highest BCUT2D eigenvalue weighted by Crippen LogP contribution is 2.20. The molecule has 0 aliphatic carbocycles. The second-order valence-electron chi connectivity index (χ2n) is 3.97. The van der Waals surface area contributed by atoms with Crippen molar-refractivity contribution in [2.45, 2.75) is 32.3 Å². The van der Waals surface area contributed by atoms with Gasteiger partial charge in [-0.2, -0.15) is 0 Å². The first-order chi connectivity index (χ1) is 7.24. The fourth-order valence-electron chi connectivity index (χ4n) is 1.50. The first-order valence-corrected chi connectivity index (χ1v) is 6.00. The Balaban J connectivity index is 2.43. The number of halogens is 1. The normalized spacial score (nSPS) is 13.1. The number of benzene rings is 1. The van der Waals surface area contributed by atoms with E-state index in [1.807, 2.05) is 6.07 Å². The molecule has 0 N–H and O–H groups in total. The fraction of sp³-hybridized carbons (Fsp3) is 0.538. The zero-order valence-corrected chi connectivity index (χ0v) is 10.2. The molecule has 0 spiro atoms. The average molecular weight is 227 g/mol. The lowest BCUT2D eigenvalue weighted by Gasteiger charge is -2.15. The van der Waals surface area contributed by atoms with E-state index < -0.39 is 0 Å². The highest BCUT2D eigenvalue weighted by Gasteiger charge is 2.09. The molecule has 0 aliphatic heterocycles. The van der Waals surface area contributed by atoms with Gasteiger partial charge in [0.1, 0.15) is 0 Å². The quantitative estimate of drug-likeness (QED) is 0.670. The maximum absolute atomic E-state index is 5.96. The molecular formula is C13H19ClO. The fourth-order valence-corrected chi connectivity index (χ4v) is 1.84. The van der Waals surface area contributed by atoms with Crippen LogP contribution in [-0.2, 0) is 4.74 Å². The molecular weight excluding hydrogens is 208 g/mol. The van der Waals surface area contributed by atoms with E-state index in [1.165, 1.54) is 5.56 Å². The van der Waals surface area contributed by atoms with Crippen LogP contribution in [0.15, 0.2) is 30.3 Å². The molecule has 0 heterocycles. The van der Waals surface area contributed by atoms with E-state index in [9.17, 15) is 0 Å². The van der Waals surface area contributed by atoms with E-state index in [1.54, 1.807) is 0 Å². The summed E-state index contributed by atoms with van der Waals surface area (Å²) in [6.07, 6.45) is 1.29. The maximum Gasteiger partial charge on any atom is 0.0518 e. The van der Waals surface area contributed by atoms with Crippen molar-refractivity contribution in [1.29, 1.82) is 0 Å². The van der Waals surface area contributed by atoms with Gasteiger partial charge in [-0.05, 0) is 31.7 Å². The summed E-state index contributed by atoms with van der Waals surface area (Å²) in [4.78, 5) is 0. The van der Waals surface area contributed by atoms with Crippen LogP contribution in [0.25, 0.3) is 0 Å². The van der Waals surface area contributed by atoms with Crippen molar-refractivity contribution in [3.8, 4) is 0 Å². The molecule has 0 saturated heterocycles. The summed E-state index contributed by atoms with van der Waals surface area (Å²) in [5.74, 6) is 1.07. The molecule has 1 aromatic carbocycles. The van der Waals surface area contributed by atoms with E-state index in [-0.39, 0.29) is 0 Å². The number of ether oxygens (including phenoxy) is 1. The van der Waals surface area contributed by atoms with Crippen LogP contribution in [0, 0.1) is 0 Å². The monoisotopic (exact) mass is 226 g/mol. The van der Waals surface area contributed by atoms with Crippen LogP contribution in [0.2, 0.25) is 0 Å². The minimum Gasteiger partial charge on any atom is -0.379 e. The Morgan fingerprint density at radius 1 is 1.20 bits per heavy atom. The standard InChI is InChI=1S/C13H19ClO/c1-11(2)15-9-8-13(10-14)12-6-4-3-5-7-12/h3-7,11,13H,8-10H2,1-2H3. The summed E-state index contributed by atoms with van der Waals surface area (Å²) >= 11 is 5.96. The molecule has 0 radical (unpaired) electrons. The molecule has 15 heavy (non-hydrogen) atoms. The number of hydrogen-bond donors (Lipinski definition) is 0. The third kappa shape index (κ3) is 4.67. The largest absolute Gasteiger partial charge is 0.379 e. The lowest BCUT2D eigenvalue weighted by Crippen LogP contribution is -2.09. The number of hydrogen-bond acceptors (Lipinski definition) is 1. The van der Waals surface area contributed by atoms with Crippen molar-refractivity contribution >= 4 is 11.6 Å². The summed E-state index contributed by atoms with van der Waals surface area (Å²) in [6, 6.07) is 10.4. The first-order valence-electron chi connectivity index (χ1n) is 5.46. The zero-order chi connectivity index (χ0) is 11.1. The zero-order valence-electron chi connectivity index (χ0n) is 9.45. The Morgan fingerprint density at radius 2 is 1.87 bits per heavy atom. The van der Waals surface area contributed by atoms with Gasteiger partial charge in [-0.15, -0.1) is 11.6 Å². The molecule has 0 aromatic heterocycles. The Hall–Kier alpha value is -0.530. The number of rotatable bonds is 6. The van der Waals surface area contributed by atoms with Crippen LogP contribution in [-0.4, -0.2) is 18.6 Å². The second-order valence-corrected chi connectivity index (χ2v) is 4.28. The van der Waals surface area contributed by atoms with Crippen molar-refractivity contribution in [2.24, 2.45) is 0 Å². The predicted octanol–water partition coefficient (Wildman–Crippen LogP) is 3.82. The molecule has 0 fully saturated rings. The van der Waals surface area contributed by atoms with E-state index in [0.29, 0.717) is 17.9 Å². The van der Waals surface area contributed by atoms with Gasteiger partial charge in [-0.25, -0.2) is 0 Å². The van der Waals surface area contributed by atoms with Crippen molar-refractivity contribution in [3.63, 3.8) is 0 Å². The molecule has 1 aromatic rings. The van der Waals surface area contributed by atoms with Gasteiger partial charge in [0.15, 0.2) is 0 Å². The Morgan fingerprint density at radius 3 is 2.40 bits per heavy atom. The maximum atomic E-state index is 5.96. The summed E-state index contributed by atoms with van der Waals surface area (Å²) in [6.45, 7) is 4.89. The lowest BCUT2D eigenvalue weighted by atomic mass is 9.98. The summed E-state index contributed by atoms with van der Waals surface area (Å²) in [5, 5.41) is 0. The Kier molecular flexibility index (Phi) is 5.74. The van der Waals surface area contributed by atoms with E-state index >= 15 is 0 Å². The summed E-state index contributed by atoms with van der Waals surface area (Å²) in [7, 11) is 0. The van der Waals surface area contributed by atoms with Crippen LogP contribution in [0.4, 0.5) is 0 Å². The van der Waals surface area contributed by atoms with Crippen molar-refractivity contribution in [3.05, 3.63) is 35.9 Å². The van der Waals surface area contributed by atoms with Gasteiger partial charge in [0.25, 0.3) is 0 Å². The third-order valence-electron chi connectivity index (χ3n) is 2.37. The number of alkyl halides is 1. The molecule has 2 heteroatoms. The van der Waals surface area contributed by atoms with E-state index in [4.69, 9.17) is 16.3 Å². The minimum atomic E-state index is 0.303. The van der Waals surface area contributed by atoms with Gasteiger partial charge in [0.05, 0.1) is 6.10 Å². The molecule has 1 atom stereocenters. The van der Waals surface area contributed by atoms with Gasteiger partial charge < -0.3 is 4.74 Å². The van der Waals surface area contributed by atoms with Crippen molar-refractivity contribution in [2.75, 3.05) is 12.5 Å².